The third-order valence-electron chi connectivity index (χ3n) is 4.87. The third kappa shape index (κ3) is 5.66. The lowest BCUT2D eigenvalue weighted by Gasteiger charge is -2.11. The summed E-state index contributed by atoms with van der Waals surface area (Å²) in [6.45, 7) is 7.33. The lowest BCUT2D eigenvalue weighted by atomic mass is 10.0. The van der Waals surface area contributed by atoms with Crippen molar-refractivity contribution < 1.29 is 9.59 Å². The van der Waals surface area contributed by atoms with Crippen molar-refractivity contribution in [3.8, 4) is 11.3 Å². The van der Waals surface area contributed by atoms with Crippen molar-refractivity contribution in [3.63, 3.8) is 0 Å². The van der Waals surface area contributed by atoms with Gasteiger partial charge in [0.1, 0.15) is 6.54 Å². The average molecular weight is 418 g/mol. The van der Waals surface area contributed by atoms with Crippen LogP contribution >= 0.6 is 0 Å². The highest BCUT2D eigenvalue weighted by Gasteiger charge is 2.10. The van der Waals surface area contributed by atoms with Crippen molar-refractivity contribution in [1.29, 1.82) is 0 Å². The SMILES string of the molecule is CC(=O)Nc1cc(-c2ccc(=O)n(CC(=O)Nc3ccc(C(C)C)cc3)n2)ccc1C. The lowest BCUT2D eigenvalue weighted by Crippen LogP contribution is -2.29. The van der Waals surface area contributed by atoms with Gasteiger partial charge in [0, 0.05) is 29.9 Å². The molecule has 2 amide bonds. The number of aromatic nitrogens is 2. The lowest BCUT2D eigenvalue weighted by molar-refractivity contribution is -0.117. The van der Waals surface area contributed by atoms with E-state index in [1.807, 2.05) is 43.3 Å². The normalized spacial score (nSPS) is 10.7. The number of aryl methyl sites for hydroxylation is 1. The summed E-state index contributed by atoms with van der Waals surface area (Å²) in [7, 11) is 0. The van der Waals surface area contributed by atoms with E-state index in [0.717, 1.165) is 15.8 Å². The second kappa shape index (κ2) is 9.38. The standard InChI is InChI=1S/C24H26N4O3/c1-15(2)18-7-9-20(10-8-18)26-23(30)14-28-24(31)12-11-21(27-28)19-6-5-16(3)22(13-19)25-17(4)29/h5-13,15H,14H2,1-4H3,(H,25,29)(H,26,30). The van der Waals surface area contributed by atoms with Gasteiger partial charge >= 0.3 is 0 Å². The number of amides is 2. The molecule has 160 valence electrons. The topological polar surface area (TPSA) is 93.1 Å². The molecule has 3 rings (SSSR count). The van der Waals surface area contributed by atoms with E-state index in [-0.39, 0.29) is 23.9 Å². The molecule has 0 aliphatic heterocycles. The van der Waals surface area contributed by atoms with Gasteiger partial charge in [-0.1, -0.05) is 38.1 Å². The van der Waals surface area contributed by atoms with E-state index in [4.69, 9.17) is 0 Å². The summed E-state index contributed by atoms with van der Waals surface area (Å²) in [4.78, 5) is 36.1. The van der Waals surface area contributed by atoms with Crippen LogP contribution in [0, 0.1) is 6.92 Å². The molecule has 0 atom stereocenters. The summed E-state index contributed by atoms with van der Waals surface area (Å²) in [5.41, 5.74) is 4.32. The molecule has 0 bridgehead atoms. The van der Waals surface area contributed by atoms with Crippen molar-refractivity contribution in [2.24, 2.45) is 0 Å². The molecule has 0 fully saturated rings. The third-order valence-corrected chi connectivity index (χ3v) is 4.87. The predicted octanol–water partition coefficient (Wildman–Crippen LogP) is 3.94. The molecule has 0 unspecified atom stereocenters. The van der Waals surface area contributed by atoms with Crippen LogP contribution in [-0.2, 0) is 16.1 Å². The molecule has 0 saturated heterocycles. The molecule has 0 radical (unpaired) electrons. The fraction of sp³-hybridized carbons (Fsp3) is 0.250. The van der Waals surface area contributed by atoms with Crippen LogP contribution in [0.3, 0.4) is 0 Å². The Morgan fingerprint density at radius 3 is 2.35 bits per heavy atom. The minimum atomic E-state index is -0.372. The molecule has 3 aromatic rings. The molecular weight excluding hydrogens is 392 g/mol. The summed E-state index contributed by atoms with van der Waals surface area (Å²) in [5, 5.41) is 9.92. The summed E-state index contributed by atoms with van der Waals surface area (Å²) in [6, 6.07) is 16.1. The Labute approximate surface area is 181 Å². The molecule has 1 aromatic heterocycles. The van der Waals surface area contributed by atoms with Gasteiger partial charge in [0.05, 0.1) is 5.69 Å². The quantitative estimate of drug-likeness (QED) is 0.634. The number of nitrogens with one attached hydrogen (secondary N) is 2. The Morgan fingerprint density at radius 2 is 1.71 bits per heavy atom. The van der Waals surface area contributed by atoms with E-state index in [9.17, 15) is 14.4 Å². The first-order valence-electron chi connectivity index (χ1n) is 10.1. The molecule has 0 aliphatic rings. The van der Waals surface area contributed by atoms with E-state index in [0.29, 0.717) is 23.0 Å². The minimum absolute atomic E-state index is 0.170. The second-order valence-corrected chi connectivity index (χ2v) is 7.75. The molecule has 0 spiro atoms. The van der Waals surface area contributed by atoms with Crippen molar-refractivity contribution >= 4 is 23.2 Å². The zero-order chi connectivity index (χ0) is 22.5. The Kier molecular flexibility index (Phi) is 6.65. The summed E-state index contributed by atoms with van der Waals surface area (Å²) in [6.07, 6.45) is 0. The average Bonchev–Trinajstić information content (AvgIpc) is 2.71. The molecule has 0 saturated carbocycles. The highest BCUT2D eigenvalue weighted by molar-refractivity contribution is 5.91. The Hall–Kier alpha value is -3.74. The second-order valence-electron chi connectivity index (χ2n) is 7.75. The van der Waals surface area contributed by atoms with Crippen LogP contribution in [0.25, 0.3) is 11.3 Å². The van der Waals surface area contributed by atoms with Crippen LogP contribution in [0.5, 0.6) is 0 Å². The smallest absolute Gasteiger partial charge is 0.267 e. The van der Waals surface area contributed by atoms with Gasteiger partial charge in [-0.25, -0.2) is 4.68 Å². The zero-order valence-corrected chi connectivity index (χ0v) is 18.1. The van der Waals surface area contributed by atoms with Gasteiger partial charge in [0.15, 0.2) is 0 Å². The summed E-state index contributed by atoms with van der Waals surface area (Å²) >= 11 is 0. The van der Waals surface area contributed by atoms with Crippen LogP contribution in [0.2, 0.25) is 0 Å². The first-order valence-corrected chi connectivity index (χ1v) is 10.1. The number of carbonyl (C=O) groups excluding carboxylic acids is 2. The van der Waals surface area contributed by atoms with Crippen molar-refractivity contribution in [2.45, 2.75) is 40.2 Å². The van der Waals surface area contributed by atoms with Crippen LogP contribution in [0.15, 0.2) is 59.4 Å². The van der Waals surface area contributed by atoms with Crippen molar-refractivity contribution in [2.75, 3.05) is 10.6 Å². The van der Waals surface area contributed by atoms with Gasteiger partial charge in [-0.2, -0.15) is 5.10 Å². The fourth-order valence-electron chi connectivity index (χ4n) is 3.11. The maximum Gasteiger partial charge on any atom is 0.267 e. The van der Waals surface area contributed by atoms with Crippen LogP contribution in [0.1, 0.15) is 37.8 Å². The Morgan fingerprint density at radius 1 is 1.00 bits per heavy atom. The fourth-order valence-corrected chi connectivity index (χ4v) is 3.11. The minimum Gasteiger partial charge on any atom is -0.326 e. The van der Waals surface area contributed by atoms with Gasteiger partial charge in [0.2, 0.25) is 11.8 Å². The molecule has 7 heteroatoms. The molecule has 2 N–H and O–H groups in total. The van der Waals surface area contributed by atoms with Gasteiger partial charge < -0.3 is 10.6 Å². The van der Waals surface area contributed by atoms with E-state index in [1.54, 1.807) is 12.1 Å². The predicted molar refractivity (Wildman–Crippen MR) is 122 cm³/mol. The van der Waals surface area contributed by atoms with Gasteiger partial charge in [0.25, 0.3) is 5.56 Å². The molecule has 1 heterocycles. The maximum absolute atomic E-state index is 12.5. The molecule has 7 nitrogen and oxygen atoms in total. The van der Waals surface area contributed by atoms with Crippen LogP contribution in [-0.4, -0.2) is 21.6 Å². The number of nitrogens with zero attached hydrogens (tertiary/aromatic N) is 2. The molecule has 2 aromatic carbocycles. The van der Waals surface area contributed by atoms with Gasteiger partial charge in [-0.05, 0) is 48.2 Å². The van der Waals surface area contributed by atoms with Crippen LogP contribution < -0.4 is 16.2 Å². The number of anilines is 2. The maximum atomic E-state index is 12.5. The number of hydrogen-bond acceptors (Lipinski definition) is 4. The van der Waals surface area contributed by atoms with E-state index >= 15 is 0 Å². The van der Waals surface area contributed by atoms with E-state index in [2.05, 4.69) is 29.6 Å². The highest BCUT2D eigenvalue weighted by Crippen LogP contribution is 2.23. The summed E-state index contributed by atoms with van der Waals surface area (Å²) in [5.74, 6) is -0.105. The highest BCUT2D eigenvalue weighted by atomic mass is 16.2. The Bertz CT molecular complexity index is 1160. The Balaban J connectivity index is 1.79. The first-order chi connectivity index (χ1) is 14.7. The van der Waals surface area contributed by atoms with Crippen molar-refractivity contribution in [1.82, 2.24) is 9.78 Å². The molecule has 0 aliphatic carbocycles. The van der Waals surface area contributed by atoms with E-state index < -0.39 is 0 Å². The molecule has 31 heavy (non-hydrogen) atoms. The molecular formula is C24H26N4O3. The largest absolute Gasteiger partial charge is 0.326 e. The number of benzene rings is 2. The van der Waals surface area contributed by atoms with Crippen molar-refractivity contribution in [3.05, 3.63) is 76.1 Å². The summed E-state index contributed by atoms with van der Waals surface area (Å²) < 4.78 is 1.13. The monoisotopic (exact) mass is 418 g/mol. The number of carbonyl (C=O) groups is 2. The van der Waals surface area contributed by atoms with Gasteiger partial charge in [-0.15, -0.1) is 0 Å². The van der Waals surface area contributed by atoms with Crippen LogP contribution in [0.4, 0.5) is 11.4 Å². The number of hydrogen-bond donors (Lipinski definition) is 2. The van der Waals surface area contributed by atoms with Gasteiger partial charge in [-0.3, -0.25) is 14.4 Å². The zero-order valence-electron chi connectivity index (χ0n) is 18.1. The number of rotatable bonds is 6. The first kappa shape index (κ1) is 22.0. The van der Waals surface area contributed by atoms with E-state index in [1.165, 1.54) is 18.6 Å².